The Morgan fingerprint density at radius 1 is 1.12 bits per heavy atom. The predicted molar refractivity (Wildman–Crippen MR) is 71.0 cm³/mol. The molecule has 1 aliphatic rings. The topological polar surface area (TPSA) is 29.3 Å². The molecule has 1 saturated heterocycles. The lowest BCUT2D eigenvalue weighted by Gasteiger charge is -2.29. The quantitative estimate of drug-likeness (QED) is 0.877. The van der Waals surface area contributed by atoms with Gasteiger partial charge in [0.1, 0.15) is 0 Å². The van der Waals surface area contributed by atoms with Crippen molar-refractivity contribution >= 4 is 12.4 Å². The van der Waals surface area contributed by atoms with Gasteiger partial charge in [-0.2, -0.15) is 0 Å². The molecule has 0 unspecified atom stereocenters. The molecule has 2 nitrogen and oxygen atoms in total. The van der Waals surface area contributed by atoms with Gasteiger partial charge in [-0.1, -0.05) is 30.3 Å². The van der Waals surface area contributed by atoms with Crippen molar-refractivity contribution in [2.45, 2.75) is 25.3 Å². The molecule has 0 aromatic heterocycles. The smallest absolute Gasteiger partial charge is 0.00631 e. The molecule has 0 amide bonds. The molecular formula is C13H21ClN2. The third kappa shape index (κ3) is 4.12. The van der Waals surface area contributed by atoms with Gasteiger partial charge in [-0.05, 0) is 37.9 Å². The van der Waals surface area contributed by atoms with Crippen molar-refractivity contribution in [2.24, 2.45) is 5.73 Å². The van der Waals surface area contributed by atoms with Crippen LogP contribution in [0.4, 0.5) is 0 Å². The van der Waals surface area contributed by atoms with Crippen molar-refractivity contribution in [2.75, 3.05) is 19.6 Å². The molecule has 2 N–H and O–H groups in total. The summed E-state index contributed by atoms with van der Waals surface area (Å²) in [5.41, 5.74) is 7.31. The number of hydrogen-bond acceptors (Lipinski definition) is 2. The maximum atomic E-state index is 5.88. The van der Waals surface area contributed by atoms with Crippen LogP contribution < -0.4 is 5.73 Å². The van der Waals surface area contributed by atoms with E-state index in [4.69, 9.17) is 5.73 Å². The summed E-state index contributed by atoms with van der Waals surface area (Å²) in [6.07, 6.45) is 3.49. The zero-order valence-corrected chi connectivity index (χ0v) is 10.5. The maximum absolute atomic E-state index is 5.88. The van der Waals surface area contributed by atoms with E-state index < -0.39 is 0 Å². The molecule has 0 spiro atoms. The second kappa shape index (κ2) is 6.89. The molecule has 90 valence electrons. The highest BCUT2D eigenvalue weighted by Crippen LogP contribution is 2.09. The Hall–Kier alpha value is -0.570. The minimum atomic E-state index is 0. The fourth-order valence-corrected chi connectivity index (χ4v) is 2.11. The first-order valence-corrected chi connectivity index (χ1v) is 5.86. The third-order valence-electron chi connectivity index (χ3n) is 3.19. The lowest BCUT2D eigenvalue weighted by Crippen LogP contribution is -2.40. The van der Waals surface area contributed by atoms with Gasteiger partial charge < -0.3 is 10.6 Å². The largest absolute Gasteiger partial charge is 0.328 e. The van der Waals surface area contributed by atoms with E-state index >= 15 is 0 Å². The number of rotatable bonds is 3. The molecule has 0 radical (unpaired) electrons. The van der Waals surface area contributed by atoms with E-state index in [9.17, 15) is 0 Å². The first kappa shape index (κ1) is 13.5. The van der Waals surface area contributed by atoms with Crippen LogP contribution in [0.1, 0.15) is 18.4 Å². The van der Waals surface area contributed by atoms with Crippen molar-refractivity contribution in [3.05, 3.63) is 35.9 Å². The standard InChI is InChI=1S/C13H20N2.ClH/c14-13-7-10-15(11-8-13)9-6-12-4-2-1-3-5-12;/h1-5,13H,6-11,14H2;1H. The summed E-state index contributed by atoms with van der Waals surface area (Å²) < 4.78 is 0. The molecular weight excluding hydrogens is 220 g/mol. The van der Waals surface area contributed by atoms with Gasteiger partial charge in [0, 0.05) is 12.6 Å². The highest BCUT2D eigenvalue weighted by molar-refractivity contribution is 5.85. The van der Waals surface area contributed by atoms with Crippen molar-refractivity contribution in [3.8, 4) is 0 Å². The Labute approximate surface area is 104 Å². The van der Waals surface area contributed by atoms with Crippen LogP contribution in [0.2, 0.25) is 0 Å². The molecule has 0 saturated carbocycles. The van der Waals surface area contributed by atoms with Crippen LogP contribution >= 0.6 is 12.4 Å². The fourth-order valence-electron chi connectivity index (χ4n) is 2.11. The molecule has 1 aromatic carbocycles. The average Bonchev–Trinajstić information content (AvgIpc) is 2.30. The minimum absolute atomic E-state index is 0. The molecule has 16 heavy (non-hydrogen) atoms. The molecule has 1 aromatic rings. The van der Waals surface area contributed by atoms with Crippen LogP contribution in [-0.2, 0) is 6.42 Å². The molecule has 3 heteroatoms. The second-order valence-electron chi connectivity index (χ2n) is 4.41. The van der Waals surface area contributed by atoms with E-state index in [2.05, 4.69) is 35.2 Å². The number of piperidine rings is 1. The zero-order chi connectivity index (χ0) is 10.5. The minimum Gasteiger partial charge on any atom is -0.328 e. The Kier molecular flexibility index (Phi) is 5.81. The summed E-state index contributed by atoms with van der Waals surface area (Å²) in [6, 6.07) is 11.1. The Bertz CT molecular complexity index is 281. The molecule has 2 rings (SSSR count). The van der Waals surface area contributed by atoms with E-state index in [1.54, 1.807) is 0 Å². The van der Waals surface area contributed by atoms with Crippen LogP contribution in [0, 0.1) is 0 Å². The van der Waals surface area contributed by atoms with E-state index in [1.807, 2.05) is 0 Å². The van der Waals surface area contributed by atoms with Crippen molar-refractivity contribution in [1.82, 2.24) is 4.90 Å². The van der Waals surface area contributed by atoms with E-state index in [0.717, 1.165) is 19.3 Å². The summed E-state index contributed by atoms with van der Waals surface area (Å²) in [5, 5.41) is 0. The number of hydrogen-bond donors (Lipinski definition) is 1. The van der Waals surface area contributed by atoms with E-state index in [-0.39, 0.29) is 12.4 Å². The van der Waals surface area contributed by atoms with Crippen LogP contribution in [0.15, 0.2) is 30.3 Å². The summed E-state index contributed by atoms with van der Waals surface area (Å²) >= 11 is 0. The number of benzene rings is 1. The van der Waals surface area contributed by atoms with Gasteiger partial charge in [0.2, 0.25) is 0 Å². The van der Waals surface area contributed by atoms with Crippen LogP contribution in [0.5, 0.6) is 0 Å². The monoisotopic (exact) mass is 240 g/mol. The van der Waals surface area contributed by atoms with Gasteiger partial charge in [-0.3, -0.25) is 0 Å². The molecule has 1 heterocycles. The normalized spacial score (nSPS) is 18.1. The Morgan fingerprint density at radius 2 is 1.75 bits per heavy atom. The Morgan fingerprint density at radius 3 is 2.38 bits per heavy atom. The van der Waals surface area contributed by atoms with E-state index in [0.29, 0.717) is 6.04 Å². The molecule has 1 aliphatic heterocycles. The fraction of sp³-hybridized carbons (Fsp3) is 0.538. The van der Waals surface area contributed by atoms with Crippen molar-refractivity contribution in [3.63, 3.8) is 0 Å². The molecule has 0 aliphatic carbocycles. The second-order valence-corrected chi connectivity index (χ2v) is 4.41. The predicted octanol–water partition coefficient (Wildman–Crippen LogP) is 2.07. The molecule has 0 bridgehead atoms. The van der Waals surface area contributed by atoms with Gasteiger partial charge in [0.05, 0.1) is 0 Å². The number of nitrogens with two attached hydrogens (primary N) is 1. The third-order valence-corrected chi connectivity index (χ3v) is 3.19. The number of nitrogens with zero attached hydrogens (tertiary/aromatic N) is 1. The van der Waals surface area contributed by atoms with E-state index in [1.165, 1.54) is 25.2 Å². The summed E-state index contributed by atoms with van der Waals surface area (Å²) in [6.45, 7) is 3.53. The van der Waals surface area contributed by atoms with Gasteiger partial charge in [0.25, 0.3) is 0 Å². The Balaban J connectivity index is 0.00000128. The number of halogens is 1. The summed E-state index contributed by atoms with van der Waals surface area (Å²) in [4.78, 5) is 2.52. The summed E-state index contributed by atoms with van der Waals surface area (Å²) in [7, 11) is 0. The van der Waals surface area contributed by atoms with Gasteiger partial charge in [-0.25, -0.2) is 0 Å². The van der Waals surface area contributed by atoms with Crippen molar-refractivity contribution in [1.29, 1.82) is 0 Å². The first-order valence-electron chi connectivity index (χ1n) is 5.86. The van der Waals surface area contributed by atoms with Gasteiger partial charge in [0.15, 0.2) is 0 Å². The maximum Gasteiger partial charge on any atom is 0.00631 e. The summed E-state index contributed by atoms with van der Waals surface area (Å²) in [5.74, 6) is 0. The zero-order valence-electron chi connectivity index (χ0n) is 9.64. The van der Waals surface area contributed by atoms with Crippen LogP contribution in [-0.4, -0.2) is 30.6 Å². The van der Waals surface area contributed by atoms with Crippen LogP contribution in [0.25, 0.3) is 0 Å². The lowest BCUT2D eigenvalue weighted by atomic mass is 10.1. The number of likely N-dealkylation sites (tertiary alicyclic amines) is 1. The highest BCUT2D eigenvalue weighted by Gasteiger charge is 2.15. The van der Waals surface area contributed by atoms with Crippen molar-refractivity contribution < 1.29 is 0 Å². The SMILES string of the molecule is Cl.NC1CCN(CCc2ccccc2)CC1. The average molecular weight is 241 g/mol. The highest BCUT2D eigenvalue weighted by atomic mass is 35.5. The van der Waals surface area contributed by atoms with Gasteiger partial charge in [-0.15, -0.1) is 12.4 Å². The van der Waals surface area contributed by atoms with Gasteiger partial charge >= 0.3 is 0 Å². The molecule has 0 atom stereocenters. The van der Waals surface area contributed by atoms with Crippen LogP contribution in [0.3, 0.4) is 0 Å². The lowest BCUT2D eigenvalue weighted by molar-refractivity contribution is 0.215. The first-order chi connectivity index (χ1) is 7.34. The molecule has 1 fully saturated rings.